The van der Waals surface area contributed by atoms with Crippen LogP contribution in [-0.2, 0) is 0 Å². The van der Waals surface area contributed by atoms with Crippen LogP contribution in [-0.4, -0.2) is 27.5 Å². The molecule has 3 rings (SSSR count). The second kappa shape index (κ2) is 4.96. The zero-order chi connectivity index (χ0) is 14.1. The summed E-state index contributed by atoms with van der Waals surface area (Å²) in [6.45, 7) is 2.45. The number of likely N-dealkylation sites (tertiary alicyclic amines) is 1. The SMILES string of the molecule is Cc1cc(C2CCCN2C(=O)c2ccc[nH]c2=O)no1. The van der Waals surface area contributed by atoms with Gasteiger partial charge in [0.2, 0.25) is 0 Å². The van der Waals surface area contributed by atoms with E-state index in [1.54, 1.807) is 17.0 Å². The maximum atomic E-state index is 12.5. The molecule has 0 aliphatic carbocycles. The van der Waals surface area contributed by atoms with Crippen LogP contribution in [0.25, 0.3) is 0 Å². The van der Waals surface area contributed by atoms with Crippen LogP contribution in [0.3, 0.4) is 0 Å². The monoisotopic (exact) mass is 273 g/mol. The molecule has 0 aromatic carbocycles. The topological polar surface area (TPSA) is 79.2 Å². The molecule has 1 N–H and O–H groups in total. The highest BCUT2D eigenvalue weighted by Crippen LogP contribution is 2.32. The van der Waals surface area contributed by atoms with Gasteiger partial charge in [-0.2, -0.15) is 0 Å². The van der Waals surface area contributed by atoms with Crippen LogP contribution in [0.4, 0.5) is 0 Å². The molecule has 6 heteroatoms. The number of pyridine rings is 1. The van der Waals surface area contributed by atoms with E-state index in [4.69, 9.17) is 4.52 Å². The van der Waals surface area contributed by atoms with Gasteiger partial charge in [-0.15, -0.1) is 0 Å². The van der Waals surface area contributed by atoms with Crippen LogP contribution in [0.1, 0.15) is 40.7 Å². The number of hydrogen-bond donors (Lipinski definition) is 1. The number of nitrogens with one attached hydrogen (secondary N) is 1. The number of H-pyrrole nitrogens is 1. The Hall–Kier alpha value is -2.37. The number of carbonyl (C=O) groups is 1. The van der Waals surface area contributed by atoms with E-state index in [0.717, 1.165) is 24.3 Å². The molecule has 1 saturated heterocycles. The first kappa shape index (κ1) is 12.7. The van der Waals surface area contributed by atoms with E-state index in [1.807, 2.05) is 13.0 Å². The van der Waals surface area contributed by atoms with Crippen molar-refractivity contribution < 1.29 is 9.32 Å². The van der Waals surface area contributed by atoms with Crippen LogP contribution >= 0.6 is 0 Å². The zero-order valence-corrected chi connectivity index (χ0v) is 11.1. The molecule has 1 aliphatic rings. The van der Waals surface area contributed by atoms with E-state index in [-0.39, 0.29) is 23.1 Å². The highest BCUT2D eigenvalue weighted by Gasteiger charge is 2.33. The van der Waals surface area contributed by atoms with E-state index < -0.39 is 0 Å². The summed E-state index contributed by atoms with van der Waals surface area (Å²) in [5.41, 5.74) is 0.555. The Morgan fingerprint density at radius 2 is 2.40 bits per heavy atom. The normalized spacial score (nSPS) is 18.4. The Morgan fingerprint density at radius 1 is 1.55 bits per heavy atom. The first-order valence-electron chi connectivity index (χ1n) is 6.58. The predicted octanol–water partition coefficient (Wildman–Crippen LogP) is 1.65. The molecular weight excluding hydrogens is 258 g/mol. The Morgan fingerprint density at radius 3 is 3.10 bits per heavy atom. The summed E-state index contributed by atoms with van der Waals surface area (Å²) in [7, 11) is 0. The van der Waals surface area contributed by atoms with E-state index in [2.05, 4.69) is 10.1 Å². The van der Waals surface area contributed by atoms with E-state index >= 15 is 0 Å². The molecule has 1 unspecified atom stereocenters. The molecular formula is C14H15N3O3. The second-order valence-corrected chi connectivity index (χ2v) is 4.93. The van der Waals surface area contributed by atoms with Gasteiger partial charge in [0.15, 0.2) is 0 Å². The van der Waals surface area contributed by atoms with Crippen LogP contribution in [0.5, 0.6) is 0 Å². The smallest absolute Gasteiger partial charge is 0.260 e. The number of aromatic nitrogens is 2. The van der Waals surface area contributed by atoms with Gasteiger partial charge in [-0.25, -0.2) is 0 Å². The Bertz CT molecular complexity index is 689. The molecule has 20 heavy (non-hydrogen) atoms. The third-order valence-corrected chi connectivity index (χ3v) is 3.55. The van der Waals surface area contributed by atoms with Gasteiger partial charge in [0.1, 0.15) is 17.0 Å². The lowest BCUT2D eigenvalue weighted by atomic mass is 10.1. The predicted molar refractivity (Wildman–Crippen MR) is 71.3 cm³/mol. The van der Waals surface area contributed by atoms with Crippen molar-refractivity contribution in [3.63, 3.8) is 0 Å². The largest absolute Gasteiger partial charge is 0.361 e. The van der Waals surface area contributed by atoms with Crippen molar-refractivity contribution in [1.29, 1.82) is 0 Å². The van der Waals surface area contributed by atoms with Crippen LogP contribution in [0, 0.1) is 6.92 Å². The van der Waals surface area contributed by atoms with Gasteiger partial charge in [-0.1, -0.05) is 5.16 Å². The van der Waals surface area contributed by atoms with Gasteiger partial charge in [0.05, 0.1) is 6.04 Å². The molecule has 2 aromatic heterocycles. The van der Waals surface area contributed by atoms with Gasteiger partial charge in [-0.3, -0.25) is 9.59 Å². The summed E-state index contributed by atoms with van der Waals surface area (Å²) in [4.78, 5) is 28.5. The summed E-state index contributed by atoms with van der Waals surface area (Å²) in [5, 5.41) is 3.99. The standard InChI is InChI=1S/C14H15N3O3/c1-9-8-11(16-20-9)12-5-3-7-17(12)14(19)10-4-2-6-15-13(10)18/h2,4,6,8,12H,3,5,7H2,1H3,(H,15,18). The fourth-order valence-electron chi connectivity index (χ4n) is 2.60. The van der Waals surface area contributed by atoms with Crippen molar-refractivity contribution >= 4 is 5.91 Å². The summed E-state index contributed by atoms with van der Waals surface area (Å²) in [6.07, 6.45) is 3.25. The summed E-state index contributed by atoms with van der Waals surface area (Å²) in [6, 6.07) is 4.93. The molecule has 1 atom stereocenters. The molecule has 104 valence electrons. The lowest BCUT2D eigenvalue weighted by Gasteiger charge is -2.22. The molecule has 1 amide bonds. The number of amides is 1. The molecule has 1 aliphatic heterocycles. The summed E-state index contributed by atoms with van der Waals surface area (Å²) >= 11 is 0. The van der Waals surface area contributed by atoms with E-state index in [1.165, 1.54) is 6.20 Å². The Balaban J connectivity index is 1.91. The first-order valence-corrected chi connectivity index (χ1v) is 6.58. The highest BCUT2D eigenvalue weighted by molar-refractivity contribution is 5.94. The first-order chi connectivity index (χ1) is 9.66. The molecule has 0 bridgehead atoms. The zero-order valence-electron chi connectivity index (χ0n) is 11.1. The lowest BCUT2D eigenvalue weighted by Crippen LogP contribution is -2.34. The average Bonchev–Trinajstić information content (AvgIpc) is 3.06. The fourth-order valence-corrected chi connectivity index (χ4v) is 2.60. The molecule has 3 heterocycles. The average molecular weight is 273 g/mol. The molecule has 1 fully saturated rings. The number of rotatable bonds is 2. The maximum absolute atomic E-state index is 12.5. The third kappa shape index (κ3) is 2.13. The van der Waals surface area contributed by atoms with Crippen molar-refractivity contribution in [2.24, 2.45) is 0 Å². The summed E-state index contributed by atoms with van der Waals surface area (Å²) < 4.78 is 5.08. The van der Waals surface area contributed by atoms with Gasteiger partial charge in [0, 0.05) is 18.8 Å². The van der Waals surface area contributed by atoms with Crippen molar-refractivity contribution in [2.45, 2.75) is 25.8 Å². The number of nitrogens with zero attached hydrogens (tertiary/aromatic N) is 2. The minimum atomic E-state index is -0.362. The maximum Gasteiger partial charge on any atom is 0.260 e. The molecule has 6 nitrogen and oxygen atoms in total. The van der Waals surface area contributed by atoms with Crippen molar-refractivity contribution in [3.05, 3.63) is 51.8 Å². The Kier molecular flexibility index (Phi) is 3.14. The molecule has 2 aromatic rings. The number of hydrogen-bond acceptors (Lipinski definition) is 4. The van der Waals surface area contributed by atoms with Gasteiger partial charge in [-0.05, 0) is 31.9 Å². The fraction of sp³-hybridized carbons (Fsp3) is 0.357. The van der Waals surface area contributed by atoms with Crippen molar-refractivity contribution in [1.82, 2.24) is 15.0 Å². The summed E-state index contributed by atoms with van der Waals surface area (Å²) in [5.74, 6) is 0.465. The van der Waals surface area contributed by atoms with Crippen LogP contribution in [0.2, 0.25) is 0 Å². The van der Waals surface area contributed by atoms with Gasteiger partial charge < -0.3 is 14.4 Å². The number of carbonyl (C=O) groups excluding carboxylic acids is 1. The van der Waals surface area contributed by atoms with E-state index in [0.29, 0.717) is 6.54 Å². The number of aryl methyl sites for hydroxylation is 1. The van der Waals surface area contributed by atoms with Crippen LogP contribution < -0.4 is 5.56 Å². The highest BCUT2D eigenvalue weighted by atomic mass is 16.5. The number of aromatic amines is 1. The minimum absolute atomic E-state index is 0.112. The van der Waals surface area contributed by atoms with Gasteiger partial charge >= 0.3 is 0 Å². The Labute approximate surface area is 115 Å². The van der Waals surface area contributed by atoms with E-state index in [9.17, 15) is 9.59 Å². The van der Waals surface area contributed by atoms with Crippen LogP contribution in [0.15, 0.2) is 33.7 Å². The lowest BCUT2D eigenvalue weighted by molar-refractivity contribution is 0.0729. The van der Waals surface area contributed by atoms with Crippen molar-refractivity contribution in [2.75, 3.05) is 6.54 Å². The molecule has 0 radical (unpaired) electrons. The van der Waals surface area contributed by atoms with Crippen molar-refractivity contribution in [3.8, 4) is 0 Å². The molecule has 0 saturated carbocycles. The molecule has 0 spiro atoms. The minimum Gasteiger partial charge on any atom is -0.361 e. The quantitative estimate of drug-likeness (QED) is 0.902. The third-order valence-electron chi connectivity index (χ3n) is 3.55. The second-order valence-electron chi connectivity index (χ2n) is 4.93. The van der Waals surface area contributed by atoms with Gasteiger partial charge in [0.25, 0.3) is 11.5 Å².